The van der Waals surface area contributed by atoms with Crippen molar-refractivity contribution in [1.29, 1.82) is 0 Å². The van der Waals surface area contributed by atoms with Gasteiger partial charge in [0.25, 0.3) is 5.91 Å². The van der Waals surface area contributed by atoms with Crippen LogP contribution in [0.4, 0.5) is 15.8 Å². The maximum atomic E-state index is 13.8. The molecule has 2 aromatic carbocycles. The molecule has 1 unspecified atom stereocenters. The summed E-state index contributed by atoms with van der Waals surface area (Å²) in [7, 11) is 0. The van der Waals surface area contributed by atoms with E-state index in [9.17, 15) is 14.0 Å². The Morgan fingerprint density at radius 2 is 1.83 bits per heavy atom. The normalized spacial score (nSPS) is 15.3. The first-order chi connectivity index (χ1) is 14.5. The smallest absolute Gasteiger partial charge is 0.263 e. The predicted octanol–water partition coefficient (Wildman–Crippen LogP) is 3.73. The standard InChI is InChI=1S/C23H28FN3O3/c1-3-16(4-2)25-23(29)21-15-27(19-11-7-8-12-20(19)30-21)14-13-22(28)26-18-10-6-5-9-17(18)24/h5-12,16,21H,3-4,13-15H2,1-2H3,(H,25,29)(H,26,28). The highest BCUT2D eigenvalue weighted by atomic mass is 19.1. The van der Waals surface area contributed by atoms with Gasteiger partial charge in [0, 0.05) is 19.0 Å². The van der Waals surface area contributed by atoms with E-state index in [1.807, 2.05) is 43.0 Å². The van der Waals surface area contributed by atoms with Gasteiger partial charge in [0.2, 0.25) is 5.91 Å². The van der Waals surface area contributed by atoms with Gasteiger partial charge in [-0.15, -0.1) is 0 Å². The Morgan fingerprint density at radius 3 is 2.57 bits per heavy atom. The number of carbonyl (C=O) groups is 2. The minimum absolute atomic E-state index is 0.110. The van der Waals surface area contributed by atoms with Gasteiger partial charge in [-0.2, -0.15) is 0 Å². The van der Waals surface area contributed by atoms with Crippen molar-refractivity contribution in [2.45, 2.75) is 45.3 Å². The van der Waals surface area contributed by atoms with Crippen molar-refractivity contribution < 1.29 is 18.7 Å². The van der Waals surface area contributed by atoms with Crippen molar-refractivity contribution in [3.8, 4) is 5.75 Å². The summed E-state index contributed by atoms with van der Waals surface area (Å²) in [4.78, 5) is 27.0. The second kappa shape index (κ2) is 10.1. The lowest BCUT2D eigenvalue weighted by Crippen LogP contribution is -2.51. The van der Waals surface area contributed by atoms with E-state index in [-0.39, 0.29) is 30.0 Å². The van der Waals surface area contributed by atoms with Crippen LogP contribution in [0.3, 0.4) is 0 Å². The van der Waals surface area contributed by atoms with Gasteiger partial charge in [0.15, 0.2) is 6.10 Å². The third kappa shape index (κ3) is 5.28. The zero-order valence-electron chi connectivity index (χ0n) is 17.4. The van der Waals surface area contributed by atoms with Crippen LogP contribution in [0.15, 0.2) is 48.5 Å². The number of hydrogen-bond acceptors (Lipinski definition) is 4. The number of ether oxygens (including phenoxy) is 1. The van der Waals surface area contributed by atoms with E-state index in [4.69, 9.17) is 4.74 Å². The van der Waals surface area contributed by atoms with Gasteiger partial charge in [0.1, 0.15) is 11.6 Å². The van der Waals surface area contributed by atoms with Crippen LogP contribution in [-0.2, 0) is 9.59 Å². The van der Waals surface area contributed by atoms with E-state index in [1.165, 1.54) is 12.1 Å². The van der Waals surface area contributed by atoms with Crippen LogP contribution in [0.5, 0.6) is 5.75 Å². The molecule has 30 heavy (non-hydrogen) atoms. The van der Waals surface area contributed by atoms with Crippen molar-refractivity contribution in [1.82, 2.24) is 5.32 Å². The zero-order valence-corrected chi connectivity index (χ0v) is 17.4. The molecule has 0 bridgehead atoms. The molecular weight excluding hydrogens is 385 g/mol. The summed E-state index contributed by atoms with van der Waals surface area (Å²) in [5.74, 6) is -0.301. The number of carbonyl (C=O) groups excluding carboxylic acids is 2. The fraction of sp³-hybridized carbons (Fsp3) is 0.391. The SMILES string of the molecule is CCC(CC)NC(=O)C1CN(CCC(=O)Nc2ccccc2F)c2ccccc2O1. The van der Waals surface area contributed by atoms with Crippen molar-refractivity contribution in [2.75, 3.05) is 23.3 Å². The summed E-state index contributed by atoms with van der Waals surface area (Å²) in [6, 6.07) is 13.6. The second-order valence-electron chi connectivity index (χ2n) is 7.32. The largest absolute Gasteiger partial charge is 0.477 e. The lowest BCUT2D eigenvalue weighted by Gasteiger charge is -2.36. The topological polar surface area (TPSA) is 70.7 Å². The minimum Gasteiger partial charge on any atom is -0.477 e. The molecule has 1 aliphatic rings. The summed E-state index contributed by atoms with van der Waals surface area (Å²) in [5, 5.41) is 5.63. The van der Waals surface area contributed by atoms with Gasteiger partial charge in [-0.1, -0.05) is 38.1 Å². The molecule has 7 heteroatoms. The minimum atomic E-state index is -0.657. The highest BCUT2D eigenvalue weighted by Crippen LogP contribution is 2.33. The number of benzene rings is 2. The second-order valence-corrected chi connectivity index (χ2v) is 7.32. The van der Waals surface area contributed by atoms with E-state index in [0.29, 0.717) is 18.8 Å². The fourth-order valence-electron chi connectivity index (χ4n) is 3.45. The van der Waals surface area contributed by atoms with Gasteiger partial charge in [-0.05, 0) is 37.1 Å². The van der Waals surface area contributed by atoms with E-state index in [0.717, 1.165) is 18.5 Å². The fourth-order valence-corrected chi connectivity index (χ4v) is 3.45. The van der Waals surface area contributed by atoms with Crippen LogP contribution in [0, 0.1) is 5.82 Å². The van der Waals surface area contributed by atoms with Gasteiger partial charge >= 0.3 is 0 Å². The molecular formula is C23H28FN3O3. The monoisotopic (exact) mass is 413 g/mol. The average Bonchev–Trinajstić information content (AvgIpc) is 2.77. The number of para-hydroxylation sites is 3. The van der Waals surface area contributed by atoms with Crippen LogP contribution in [-0.4, -0.2) is 37.0 Å². The van der Waals surface area contributed by atoms with Crippen LogP contribution >= 0.6 is 0 Å². The van der Waals surface area contributed by atoms with Crippen LogP contribution in [0.25, 0.3) is 0 Å². The van der Waals surface area contributed by atoms with Crippen molar-refractivity contribution >= 4 is 23.2 Å². The molecule has 0 aromatic heterocycles. The molecule has 2 amide bonds. The number of hydrogen-bond donors (Lipinski definition) is 2. The Balaban J connectivity index is 1.66. The maximum Gasteiger partial charge on any atom is 0.263 e. The molecule has 0 saturated carbocycles. The summed E-state index contributed by atoms with van der Waals surface area (Å²) in [6.45, 7) is 4.79. The molecule has 0 radical (unpaired) electrons. The Morgan fingerprint density at radius 1 is 1.13 bits per heavy atom. The average molecular weight is 413 g/mol. The van der Waals surface area contributed by atoms with Gasteiger partial charge in [-0.25, -0.2) is 4.39 Å². The van der Waals surface area contributed by atoms with Crippen LogP contribution < -0.4 is 20.3 Å². The Bertz CT molecular complexity index is 886. The van der Waals surface area contributed by atoms with Gasteiger partial charge < -0.3 is 20.3 Å². The van der Waals surface area contributed by atoms with Crippen molar-refractivity contribution in [3.63, 3.8) is 0 Å². The molecule has 1 heterocycles. The number of nitrogens with zero attached hydrogens (tertiary/aromatic N) is 1. The first-order valence-corrected chi connectivity index (χ1v) is 10.4. The summed E-state index contributed by atoms with van der Waals surface area (Å²) in [6.07, 6.45) is 1.20. The molecule has 160 valence electrons. The Kier molecular flexibility index (Phi) is 7.27. The number of nitrogens with one attached hydrogen (secondary N) is 2. The third-order valence-electron chi connectivity index (χ3n) is 5.24. The molecule has 6 nitrogen and oxygen atoms in total. The Labute approximate surface area is 176 Å². The summed E-state index contributed by atoms with van der Waals surface area (Å²) in [5.41, 5.74) is 0.995. The molecule has 1 atom stereocenters. The number of rotatable bonds is 8. The van der Waals surface area contributed by atoms with E-state index < -0.39 is 11.9 Å². The van der Waals surface area contributed by atoms with E-state index in [1.54, 1.807) is 12.1 Å². The highest BCUT2D eigenvalue weighted by Gasteiger charge is 2.31. The van der Waals surface area contributed by atoms with E-state index >= 15 is 0 Å². The molecule has 0 aliphatic carbocycles. The van der Waals surface area contributed by atoms with Crippen molar-refractivity contribution in [3.05, 3.63) is 54.3 Å². The summed E-state index contributed by atoms with van der Waals surface area (Å²) < 4.78 is 19.7. The van der Waals surface area contributed by atoms with Gasteiger partial charge in [-0.3, -0.25) is 9.59 Å². The third-order valence-corrected chi connectivity index (χ3v) is 5.24. The predicted molar refractivity (Wildman–Crippen MR) is 115 cm³/mol. The molecule has 0 spiro atoms. The Hall–Kier alpha value is -3.09. The zero-order chi connectivity index (χ0) is 21.5. The van der Waals surface area contributed by atoms with Gasteiger partial charge in [0.05, 0.1) is 17.9 Å². The molecule has 2 N–H and O–H groups in total. The van der Waals surface area contributed by atoms with Crippen molar-refractivity contribution in [2.24, 2.45) is 0 Å². The molecule has 0 saturated heterocycles. The molecule has 1 aliphatic heterocycles. The first kappa shape index (κ1) is 21.6. The quantitative estimate of drug-likeness (QED) is 0.692. The van der Waals surface area contributed by atoms with E-state index in [2.05, 4.69) is 10.6 Å². The molecule has 3 rings (SSSR count). The number of halogens is 1. The summed E-state index contributed by atoms with van der Waals surface area (Å²) >= 11 is 0. The maximum absolute atomic E-state index is 13.8. The first-order valence-electron chi connectivity index (χ1n) is 10.4. The van der Waals surface area contributed by atoms with Crippen LogP contribution in [0.1, 0.15) is 33.1 Å². The lowest BCUT2D eigenvalue weighted by molar-refractivity contribution is -0.128. The number of amides is 2. The highest BCUT2D eigenvalue weighted by molar-refractivity contribution is 5.91. The van der Waals surface area contributed by atoms with Crippen LogP contribution in [0.2, 0.25) is 0 Å². The molecule has 2 aromatic rings. The number of fused-ring (bicyclic) bond motifs is 1. The number of anilines is 2. The lowest BCUT2D eigenvalue weighted by atomic mass is 10.1. The molecule has 0 fully saturated rings.